The van der Waals surface area contributed by atoms with E-state index in [0.717, 1.165) is 33.4 Å². The van der Waals surface area contributed by atoms with E-state index in [9.17, 15) is 39.4 Å². The van der Waals surface area contributed by atoms with E-state index in [-0.39, 0.29) is 38.5 Å². The van der Waals surface area contributed by atoms with Crippen LogP contribution in [0.25, 0.3) is 16.7 Å². The van der Waals surface area contributed by atoms with Gasteiger partial charge in [-0.2, -0.15) is 4.73 Å². The Balaban J connectivity index is 1.31. The Morgan fingerprint density at radius 2 is 2.00 bits per heavy atom. The van der Waals surface area contributed by atoms with Crippen molar-refractivity contribution in [2.45, 2.75) is 17.0 Å². The molecule has 2 aliphatic rings. The quantitative estimate of drug-likeness (QED) is 0.0860. The average molecular weight is 670 g/mol. The lowest BCUT2D eigenvalue weighted by Gasteiger charge is -2.55. The van der Waals surface area contributed by atoms with Crippen LogP contribution in [0.4, 0.5) is 5.13 Å². The number of carbonyl (C=O) groups excluding carboxylic acids is 3. The number of aromatic hydroxyl groups is 1. The van der Waals surface area contributed by atoms with E-state index in [1.807, 2.05) is 0 Å². The molecule has 3 aromatic heterocycles. The summed E-state index contributed by atoms with van der Waals surface area (Å²) < 4.78 is 5.95. The van der Waals surface area contributed by atoms with E-state index in [0.29, 0.717) is 23.4 Å². The third-order valence-electron chi connectivity index (χ3n) is 7.00. The fourth-order valence-electron chi connectivity index (χ4n) is 4.87. The highest BCUT2D eigenvalue weighted by Crippen LogP contribution is 2.48. The van der Waals surface area contributed by atoms with Crippen LogP contribution in [0.5, 0.6) is 5.75 Å². The van der Waals surface area contributed by atoms with Gasteiger partial charge in [-0.15, -0.1) is 23.1 Å². The van der Waals surface area contributed by atoms with Gasteiger partial charge < -0.3 is 36.2 Å². The van der Waals surface area contributed by atoms with Gasteiger partial charge in [-0.1, -0.05) is 24.4 Å². The number of nitrogens with one attached hydrogen (secondary N) is 2. The van der Waals surface area contributed by atoms with Gasteiger partial charge in [0.25, 0.3) is 11.8 Å². The number of para-hydroxylation sites is 2. The third kappa shape index (κ3) is 4.86. The smallest absolute Gasteiger partial charge is 0.353 e. The van der Waals surface area contributed by atoms with E-state index in [2.05, 4.69) is 20.6 Å². The number of thiazole rings is 1. The summed E-state index contributed by atoms with van der Waals surface area (Å²) in [6, 6.07) is 5.85. The number of benzene rings is 1. The number of thiocarbonyl (C=S) groups is 1. The van der Waals surface area contributed by atoms with Gasteiger partial charge in [0.1, 0.15) is 22.3 Å². The van der Waals surface area contributed by atoms with Crippen molar-refractivity contribution in [3.05, 3.63) is 75.1 Å². The lowest BCUT2D eigenvalue weighted by Crippen LogP contribution is -2.80. The van der Waals surface area contributed by atoms with Crippen molar-refractivity contribution in [2.75, 3.05) is 11.5 Å². The molecule has 1 aromatic carbocycles. The van der Waals surface area contributed by atoms with Gasteiger partial charge in [0, 0.05) is 22.6 Å². The van der Waals surface area contributed by atoms with Gasteiger partial charge >= 0.3 is 5.97 Å². The van der Waals surface area contributed by atoms with E-state index < -0.39 is 57.5 Å². The summed E-state index contributed by atoms with van der Waals surface area (Å²) in [5, 5.41) is 36.0. The van der Waals surface area contributed by atoms with Gasteiger partial charge in [-0.25, -0.2) is 14.8 Å². The zero-order valence-electron chi connectivity index (χ0n) is 22.4. The average Bonchev–Trinajstić information content (AvgIpc) is 3.65. The minimum absolute atomic E-state index is 0.0247. The van der Waals surface area contributed by atoms with Crippen LogP contribution < -0.4 is 21.8 Å². The van der Waals surface area contributed by atoms with E-state index in [1.54, 1.807) is 24.3 Å². The highest BCUT2D eigenvalue weighted by molar-refractivity contribution is 8.00. The molecular weight excluding hydrogens is 651 g/mol. The molecule has 0 aliphatic carbocycles. The fraction of sp³-hybridized carbons (Fsp3) is 0.154. The Bertz CT molecular complexity index is 2000. The number of rotatable bonds is 8. The molecule has 1 unspecified atom stereocenters. The molecule has 0 saturated carbocycles. The summed E-state index contributed by atoms with van der Waals surface area (Å²) in [6.07, 6.45) is 0.596. The minimum atomic E-state index is -1.88. The number of oxazole rings is 1. The maximum absolute atomic E-state index is 13.7. The Labute approximate surface area is 264 Å². The van der Waals surface area contributed by atoms with Crippen LogP contribution in [-0.4, -0.2) is 80.7 Å². The normalized spacial score (nSPS) is 19.9. The van der Waals surface area contributed by atoms with Gasteiger partial charge in [-0.3, -0.25) is 24.1 Å². The third-order valence-corrected chi connectivity index (χ3v) is 9.41. The number of hydrogen-bond acceptors (Lipinski definition) is 14. The summed E-state index contributed by atoms with van der Waals surface area (Å²) in [5.41, 5.74) is 2.90. The predicted octanol–water partition coefficient (Wildman–Crippen LogP) is 0.708. The van der Waals surface area contributed by atoms with Crippen LogP contribution in [0.3, 0.4) is 0 Å². The van der Waals surface area contributed by atoms with Gasteiger partial charge in [0.05, 0.1) is 17.5 Å². The topological polar surface area (TPSA) is 243 Å². The van der Waals surface area contributed by atoms with Crippen LogP contribution in [0, 0.1) is 0 Å². The number of β-lactam (4-membered cyclic amide) rings is 1. The van der Waals surface area contributed by atoms with Crippen LogP contribution in [-0.2, 0) is 14.4 Å². The Hall–Kier alpha value is -5.27. The molecule has 45 heavy (non-hydrogen) atoms. The van der Waals surface area contributed by atoms with E-state index >= 15 is 0 Å². The van der Waals surface area contributed by atoms with Gasteiger partial charge in [0.15, 0.2) is 28.0 Å². The number of nitrogen functional groups attached to an aromatic ring is 1. The second kappa shape index (κ2) is 11.0. The molecule has 3 amide bonds. The molecule has 6 rings (SSSR count). The highest BCUT2D eigenvalue weighted by Gasteiger charge is 2.65. The number of carboxylic acids is 1. The van der Waals surface area contributed by atoms with E-state index in [4.69, 9.17) is 22.4 Å². The zero-order valence-corrected chi connectivity index (χ0v) is 24.8. The second-order valence-electron chi connectivity index (χ2n) is 9.70. The number of carbonyl (C=O) groups is 4. The first-order chi connectivity index (χ1) is 21.4. The Morgan fingerprint density at radius 1 is 1.24 bits per heavy atom. The first-order valence-electron chi connectivity index (χ1n) is 12.7. The molecule has 0 radical (unpaired) electrons. The predicted molar refractivity (Wildman–Crippen MR) is 162 cm³/mol. The molecule has 1 fully saturated rings. The summed E-state index contributed by atoms with van der Waals surface area (Å²) in [6.45, 7) is 0. The number of aliphatic carboxylic acids is 1. The van der Waals surface area contributed by atoms with Crippen LogP contribution >= 0.6 is 35.3 Å². The van der Waals surface area contributed by atoms with Crippen LogP contribution in [0.1, 0.15) is 28.1 Å². The Morgan fingerprint density at radius 3 is 2.67 bits per heavy atom. The summed E-state index contributed by atoms with van der Waals surface area (Å²) in [5.74, 6) is -5.17. The summed E-state index contributed by atoms with van der Waals surface area (Å²) >= 11 is 7.23. The number of aromatic nitrogens is 3. The van der Waals surface area contributed by atoms with Crippen molar-refractivity contribution >= 4 is 86.2 Å². The monoisotopic (exact) mass is 669 g/mol. The largest absolute Gasteiger partial charge is 0.503 e. The Kier molecular flexibility index (Phi) is 7.29. The molecule has 1 saturated heterocycles. The SMILES string of the molecule is Nc1nc(C(NC(=O)c2cc(=O)c(O)cn2O)C(=O)N[C@@]2(C=S)C(=O)N3C(C(=O)O)=C(c4nc5ccccc5o4)CS[C@@H]32)cs1. The lowest BCUT2D eigenvalue weighted by molar-refractivity contribution is -0.154. The minimum Gasteiger partial charge on any atom is -0.503 e. The van der Waals surface area contributed by atoms with E-state index in [1.165, 1.54) is 5.38 Å². The van der Waals surface area contributed by atoms with Gasteiger partial charge in [-0.05, 0) is 12.1 Å². The molecule has 16 nitrogen and oxygen atoms in total. The van der Waals surface area contributed by atoms with Crippen molar-refractivity contribution in [3.63, 3.8) is 0 Å². The molecule has 3 atom stereocenters. The fourth-order valence-corrected chi connectivity index (χ4v) is 7.26. The van der Waals surface area contributed by atoms with Gasteiger partial charge in [0.2, 0.25) is 17.2 Å². The van der Waals surface area contributed by atoms with Crippen LogP contribution in [0.15, 0.2) is 56.8 Å². The molecule has 230 valence electrons. The number of nitrogens with zero attached hydrogens (tertiary/aromatic N) is 4. The number of thioether (sulfide) groups is 1. The van der Waals surface area contributed by atoms with Crippen molar-refractivity contribution < 1.29 is 39.0 Å². The maximum atomic E-state index is 13.7. The van der Waals surface area contributed by atoms with Crippen molar-refractivity contribution in [1.82, 2.24) is 30.2 Å². The molecule has 5 heterocycles. The molecule has 2 aliphatic heterocycles. The standard InChI is InChI=1S/C26H19N7O9S3/c27-25-29-12(8-45-25)17(30-19(36)13-5-14(34)15(35)6-32(13)41)20(37)31-26(9-43)23(40)33-18(22(38)39)10(7-44-24(26)33)21-28-11-3-1-2-4-16(11)42-21/h1-6,8-9,17,24,35,41H,7H2,(H2,27,29)(H,30,36)(H,31,37)(H,38,39)/t17?,24-,26+/m1/s1. The number of amides is 3. The van der Waals surface area contributed by atoms with Crippen molar-refractivity contribution in [1.29, 1.82) is 0 Å². The molecule has 7 N–H and O–H groups in total. The molecule has 0 spiro atoms. The first-order valence-corrected chi connectivity index (χ1v) is 15.1. The summed E-state index contributed by atoms with van der Waals surface area (Å²) in [4.78, 5) is 74.2. The molecular formula is C26H19N7O9S3. The van der Waals surface area contributed by atoms with Crippen molar-refractivity contribution in [2.24, 2.45) is 0 Å². The molecule has 0 bridgehead atoms. The second-order valence-corrected chi connectivity index (χ2v) is 11.9. The zero-order chi connectivity index (χ0) is 32.2. The number of pyridine rings is 1. The number of anilines is 1. The first kappa shape index (κ1) is 29.8. The lowest BCUT2D eigenvalue weighted by atomic mass is 9.87. The molecule has 4 aromatic rings. The maximum Gasteiger partial charge on any atom is 0.353 e. The molecule has 19 heteroatoms. The van der Waals surface area contributed by atoms with Crippen molar-refractivity contribution in [3.8, 4) is 5.75 Å². The summed E-state index contributed by atoms with van der Waals surface area (Å²) in [7, 11) is 0. The number of nitrogens with two attached hydrogens (primary N) is 1. The number of fused-ring (bicyclic) bond motifs is 2. The van der Waals surface area contributed by atoms with Crippen LogP contribution in [0.2, 0.25) is 0 Å². The highest BCUT2D eigenvalue weighted by atomic mass is 32.2. The number of hydrogen-bond donors (Lipinski definition) is 6. The number of carboxylic acid groups (broad SMARTS) is 1.